The maximum absolute atomic E-state index is 5.65. The van der Waals surface area contributed by atoms with Gasteiger partial charge in [-0.05, 0) is 43.5 Å². The highest BCUT2D eigenvalue weighted by molar-refractivity contribution is 7.22. The molecule has 0 aliphatic carbocycles. The van der Waals surface area contributed by atoms with Crippen molar-refractivity contribution in [2.45, 2.75) is 19.3 Å². The van der Waals surface area contributed by atoms with E-state index in [9.17, 15) is 0 Å². The van der Waals surface area contributed by atoms with Gasteiger partial charge in [-0.2, -0.15) is 0 Å². The molecule has 0 fully saturated rings. The summed E-state index contributed by atoms with van der Waals surface area (Å²) in [7, 11) is 0. The van der Waals surface area contributed by atoms with Gasteiger partial charge in [0.15, 0.2) is 5.13 Å². The molecule has 0 spiro atoms. The Bertz CT molecular complexity index is 450. The highest BCUT2D eigenvalue weighted by Crippen LogP contribution is 2.25. The molecule has 0 atom stereocenters. The maximum atomic E-state index is 5.65. The molecule has 0 unspecified atom stereocenters. The number of unbranched alkanes of at least 4 members (excludes halogenated alkanes) is 1. The van der Waals surface area contributed by atoms with E-state index in [0.29, 0.717) is 5.13 Å². The topological polar surface area (TPSA) is 64.9 Å². The lowest BCUT2D eigenvalue weighted by molar-refractivity contribution is 0.745. The zero-order valence-electron chi connectivity index (χ0n) is 8.57. The second-order valence-electron chi connectivity index (χ2n) is 3.60. The minimum Gasteiger partial charge on any atom is -0.375 e. The number of hydrogen-bond donors (Lipinski definition) is 2. The number of aromatic nitrogens is 1. The van der Waals surface area contributed by atoms with Crippen LogP contribution in [0.1, 0.15) is 18.4 Å². The summed E-state index contributed by atoms with van der Waals surface area (Å²) in [4.78, 5) is 4.23. The molecule has 1 aromatic heterocycles. The van der Waals surface area contributed by atoms with E-state index in [1.165, 1.54) is 10.3 Å². The summed E-state index contributed by atoms with van der Waals surface area (Å²) in [6.07, 6.45) is 3.32. The Morgan fingerprint density at radius 2 is 2.13 bits per heavy atom. The van der Waals surface area contributed by atoms with E-state index in [2.05, 4.69) is 17.1 Å². The summed E-state index contributed by atoms with van der Waals surface area (Å²) in [5.74, 6) is 0. The van der Waals surface area contributed by atoms with Gasteiger partial charge < -0.3 is 11.5 Å². The van der Waals surface area contributed by atoms with Crippen molar-refractivity contribution in [1.29, 1.82) is 0 Å². The van der Waals surface area contributed by atoms with Crippen molar-refractivity contribution >= 4 is 26.7 Å². The number of rotatable bonds is 4. The van der Waals surface area contributed by atoms with Gasteiger partial charge >= 0.3 is 0 Å². The fourth-order valence-electron chi connectivity index (χ4n) is 1.62. The molecule has 2 rings (SSSR count). The highest BCUT2D eigenvalue weighted by atomic mass is 32.1. The van der Waals surface area contributed by atoms with Crippen LogP contribution in [0.4, 0.5) is 5.13 Å². The quantitative estimate of drug-likeness (QED) is 0.778. The van der Waals surface area contributed by atoms with Crippen LogP contribution < -0.4 is 11.5 Å². The van der Waals surface area contributed by atoms with E-state index in [4.69, 9.17) is 11.5 Å². The van der Waals surface area contributed by atoms with Crippen LogP contribution in [0.3, 0.4) is 0 Å². The lowest BCUT2D eigenvalue weighted by Crippen LogP contribution is -1.98. The Hall–Kier alpha value is -1.13. The predicted molar refractivity (Wildman–Crippen MR) is 66.0 cm³/mol. The second kappa shape index (κ2) is 4.59. The van der Waals surface area contributed by atoms with Crippen molar-refractivity contribution in [2.24, 2.45) is 5.73 Å². The molecule has 4 heteroatoms. The van der Waals surface area contributed by atoms with Crippen LogP contribution in [0.5, 0.6) is 0 Å². The lowest BCUT2D eigenvalue weighted by atomic mass is 10.1. The predicted octanol–water partition coefficient (Wildman–Crippen LogP) is 2.16. The van der Waals surface area contributed by atoms with Gasteiger partial charge in [0.1, 0.15) is 0 Å². The number of nitrogens with zero attached hydrogens (tertiary/aromatic N) is 1. The minimum atomic E-state index is 0.643. The number of nitrogens with two attached hydrogens (primary N) is 2. The normalized spacial score (nSPS) is 11.0. The lowest BCUT2D eigenvalue weighted by Gasteiger charge is -1.99. The van der Waals surface area contributed by atoms with Crippen molar-refractivity contribution in [3.05, 3.63) is 23.8 Å². The SMILES string of the molecule is NCCCCc1ccc2nc(N)sc2c1. The number of benzene rings is 1. The Morgan fingerprint density at radius 1 is 1.27 bits per heavy atom. The molecule has 3 nitrogen and oxygen atoms in total. The fourth-order valence-corrected chi connectivity index (χ4v) is 2.41. The smallest absolute Gasteiger partial charge is 0.181 e. The molecular weight excluding hydrogens is 206 g/mol. The average molecular weight is 221 g/mol. The molecule has 4 N–H and O–H groups in total. The molecule has 0 radical (unpaired) electrons. The van der Waals surface area contributed by atoms with Gasteiger partial charge in [-0.1, -0.05) is 17.4 Å². The molecule has 1 aromatic carbocycles. The summed E-state index contributed by atoms with van der Waals surface area (Å²) in [6, 6.07) is 6.35. The molecule has 1 heterocycles. The fraction of sp³-hybridized carbons (Fsp3) is 0.364. The first-order chi connectivity index (χ1) is 7.29. The first kappa shape index (κ1) is 10.4. The zero-order valence-corrected chi connectivity index (χ0v) is 9.39. The Morgan fingerprint density at radius 3 is 2.93 bits per heavy atom. The van der Waals surface area contributed by atoms with E-state index in [-0.39, 0.29) is 0 Å². The molecule has 0 bridgehead atoms. The Balaban J connectivity index is 2.15. The number of hydrogen-bond acceptors (Lipinski definition) is 4. The molecule has 15 heavy (non-hydrogen) atoms. The summed E-state index contributed by atoms with van der Waals surface area (Å²) in [5.41, 5.74) is 13.5. The standard InChI is InChI=1S/C11H15N3S/c12-6-2-1-3-8-4-5-9-10(7-8)15-11(13)14-9/h4-5,7H,1-3,6,12H2,(H2,13,14). The van der Waals surface area contributed by atoms with E-state index < -0.39 is 0 Å². The molecule has 0 saturated heterocycles. The molecule has 0 aliphatic rings. The van der Waals surface area contributed by atoms with Crippen LogP contribution in [0.15, 0.2) is 18.2 Å². The van der Waals surface area contributed by atoms with Crippen LogP contribution in [-0.2, 0) is 6.42 Å². The van der Waals surface area contributed by atoms with Gasteiger partial charge in [-0.25, -0.2) is 4.98 Å². The summed E-state index contributed by atoms with van der Waals surface area (Å²) < 4.78 is 1.18. The average Bonchev–Trinajstić information content (AvgIpc) is 2.57. The van der Waals surface area contributed by atoms with Gasteiger partial charge in [-0.3, -0.25) is 0 Å². The minimum absolute atomic E-state index is 0.643. The molecule has 80 valence electrons. The monoisotopic (exact) mass is 221 g/mol. The van der Waals surface area contributed by atoms with Crippen LogP contribution in [0.2, 0.25) is 0 Å². The van der Waals surface area contributed by atoms with Gasteiger partial charge in [0.2, 0.25) is 0 Å². The van der Waals surface area contributed by atoms with Gasteiger partial charge in [0.25, 0.3) is 0 Å². The first-order valence-electron chi connectivity index (χ1n) is 5.14. The van der Waals surface area contributed by atoms with Crippen molar-refractivity contribution < 1.29 is 0 Å². The Kier molecular flexibility index (Phi) is 3.18. The van der Waals surface area contributed by atoms with Gasteiger partial charge in [0, 0.05) is 0 Å². The van der Waals surface area contributed by atoms with Gasteiger partial charge in [-0.15, -0.1) is 0 Å². The molecule has 0 amide bonds. The molecule has 2 aromatic rings. The highest BCUT2D eigenvalue weighted by Gasteiger charge is 2.01. The van der Waals surface area contributed by atoms with Crippen LogP contribution in [-0.4, -0.2) is 11.5 Å². The Labute approximate surface area is 93.1 Å². The summed E-state index contributed by atoms with van der Waals surface area (Å²) in [6.45, 7) is 0.774. The largest absolute Gasteiger partial charge is 0.375 e. The van der Waals surface area contributed by atoms with Crippen molar-refractivity contribution in [1.82, 2.24) is 4.98 Å². The van der Waals surface area contributed by atoms with Crippen molar-refractivity contribution in [3.8, 4) is 0 Å². The van der Waals surface area contributed by atoms with Gasteiger partial charge in [0.05, 0.1) is 10.2 Å². The van der Waals surface area contributed by atoms with Crippen molar-refractivity contribution in [2.75, 3.05) is 12.3 Å². The van der Waals surface area contributed by atoms with Crippen LogP contribution >= 0.6 is 11.3 Å². The summed E-state index contributed by atoms with van der Waals surface area (Å²) >= 11 is 1.55. The van der Waals surface area contributed by atoms with E-state index in [1.54, 1.807) is 11.3 Å². The number of thiazole rings is 1. The first-order valence-corrected chi connectivity index (χ1v) is 5.96. The van der Waals surface area contributed by atoms with E-state index in [0.717, 1.165) is 31.3 Å². The molecule has 0 saturated carbocycles. The number of fused-ring (bicyclic) bond motifs is 1. The van der Waals surface area contributed by atoms with E-state index >= 15 is 0 Å². The van der Waals surface area contributed by atoms with Crippen LogP contribution in [0, 0.1) is 0 Å². The molecular formula is C11H15N3S. The van der Waals surface area contributed by atoms with Crippen molar-refractivity contribution in [3.63, 3.8) is 0 Å². The van der Waals surface area contributed by atoms with E-state index in [1.807, 2.05) is 6.07 Å². The maximum Gasteiger partial charge on any atom is 0.181 e. The molecule has 0 aliphatic heterocycles. The third-order valence-corrected chi connectivity index (χ3v) is 3.24. The second-order valence-corrected chi connectivity index (χ2v) is 4.66. The van der Waals surface area contributed by atoms with Crippen LogP contribution in [0.25, 0.3) is 10.2 Å². The zero-order chi connectivity index (χ0) is 10.7. The summed E-state index contributed by atoms with van der Waals surface area (Å²) in [5, 5.41) is 0.643. The number of nitrogen functional groups attached to an aromatic ring is 1. The number of aryl methyl sites for hydroxylation is 1. The third kappa shape index (κ3) is 2.46. The third-order valence-electron chi connectivity index (χ3n) is 2.39. The number of anilines is 1.